The van der Waals surface area contributed by atoms with Gasteiger partial charge in [0.15, 0.2) is 0 Å². The monoisotopic (exact) mass is 305 g/mol. The van der Waals surface area contributed by atoms with Crippen molar-refractivity contribution in [3.63, 3.8) is 0 Å². The first-order valence-corrected chi connectivity index (χ1v) is 8.69. The summed E-state index contributed by atoms with van der Waals surface area (Å²) < 4.78 is 0. The lowest BCUT2D eigenvalue weighted by molar-refractivity contribution is 0.359. The molecule has 0 spiro atoms. The first-order valence-electron chi connectivity index (χ1n) is 7.40. The van der Waals surface area contributed by atoms with Gasteiger partial charge in [0.05, 0.1) is 0 Å². The van der Waals surface area contributed by atoms with Gasteiger partial charge in [-0.15, -0.1) is 18.3 Å². The van der Waals surface area contributed by atoms with Crippen LogP contribution in [0.25, 0.3) is 0 Å². The third-order valence-corrected chi connectivity index (χ3v) is 3.75. The molecule has 0 aliphatic carbocycles. The second kappa shape index (κ2) is 10.6. The number of hydrogen-bond donors (Lipinski definition) is 1. The van der Waals surface area contributed by atoms with Crippen molar-refractivity contribution in [2.75, 3.05) is 12.8 Å². The van der Waals surface area contributed by atoms with Crippen molar-refractivity contribution in [1.82, 2.24) is 5.32 Å². The van der Waals surface area contributed by atoms with E-state index < -0.39 is 0 Å². The number of allylic oxidation sites excluding steroid dienone is 5. The molecule has 0 aliphatic rings. The van der Waals surface area contributed by atoms with Gasteiger partial charge in [-0.05, 0) is 54.9 Å². The first-order chi connectivity index (χ1) is 9.84. The molecule has 0 unspecified atom stereocenters. The van der Waals surface area contributed by atoms with Crippen LogP contribution in [0.15, 0.2) is 59.7 Å². The molecule has 2 heteroatoms. The smallest absolute Gasteiger partial charge is 0.0391 e. The highest BCUT2D eigenvalue weighted by atomic mass is 32.2. The lowest BCUT2D eigenvalue weighted by Gasteiger charge is -2.25. The normalized spacial score (nSPS) is 13.6. The maximum atomic E-state index is 4.10. The zero-order valence-electron chi connectivity index (χ0n) is 14.3. The van der Waals surface area contributed by atoms with Crippen LogP contribution < -0.4 is 5.32 Å². The van der Waals surface area contributed by atoms with E-state index in [0.29, 0.717) is 0 Å². The average Bonchev–Trinajstić information content (AvgIpc) is 2.41. The van der Waals surface area contributed by atoms with E-state index in [2.05, 4.69) is 76.1 Å². The molecule has 0 rings (SSSR count). The standard InChI is InChI=1S/C19H31NS/c1-8-12-19(5,6)13-18(9-2)20-14-16(3)10-11-17(4)15-21-7/h8-11,15,20H,1,3,12-14H2,2,4-7H3/b11-10-,17-15-,18-9-. The summed E-state index contributed by atoms with van der Waals surface area (Å²) in [5.41, 5.74) is 3.85. The van der Waals surface area contributed by atoms with Crippen LogP contribution in [0.4, 0.5) is 0 Å². The van der Waals surface area contributed by atoms with Crippen LogP contribution in [0.5, 0.6) is 0 Å². The summed E-state index contributed by atoms with van der Waals surface area (Å²) in [7, 11) is 0. The number of hydrogen-bond acceptors (Lipinski definition) is 2. The van der Waals surface area contributed by atoms with Gasteiger partial charge < -0.3 is 5.32 Å². The van der Waals surface area contributed by atoms with Gasteiger partial charge in [-0.2, -0.15) is 0 Å². The number of rotatable bonds is 10. The van der Waals surface area contributed by atoms with Gasteiger partial charge in [0.2, 0.25) is 0 Å². The van der Waals surface area contributed by atoms with Gasteiger partial charge >= 0.3 is 0 Å². The fourth-order valence-corrected chi connectivity index (χ4v) is 2.46. The molecule has 21 heavy (non-hydrogen) atoms. The molecule has 0 amide bonds. The van der Waals surface area contributed by atoms with Crippen LogP contribution in [0, 0.1) is 5.41 Å². The molecule has 0 saturated carbocycles. The van der Waals surface area contributed by atoms with Gasteiger partial charge in [0.25, 0.3) is 0 Å². The maximum Gasteiger partial charge on any atom is 0.0391 e. The van der Waals surface area contributed by atoms with Crippen LogP contribution in [-0.4, -0.2) is 12.8 Å². The summed E-state index contributed by atoms with van der Waals surface area (Å²) in [4.78, 5) is 0. The van der Waals surface area contributed by atoms with Crippen molar-refractivity contribution in [2.45, 2.75) is 40.5 Å². The average molecular weight is 306 g/mol. The topological polar surface area (TPSA) is 12.0 Å². The maximum absolute atomic E-state index is 4.10. The third kappa shape index (κ3) is 10.3. The molecule has 0 aromatic rings. The summed E-state index contributed by atoms with van der Waals surface area (Å²) in [5.74, 6) is 0. The fraction of sp³-hybridized carbons (Fsp3) is 0.474. The fourth-order valence-electron chi connectivity index (χ4n) is 2.01. The highest BCUT2D eigenvalue weighted by Crippen LogP contribution is 2.28. The highest BCUT2D eigenvalue weighted by Gasteiger charge is 2.17. The molecule has 1 nitrogen and oxygen atoms in total. The molecule has 0 aliphatic heterocycles. The van der Waals surface area contributed by atoms with E-state index >= 15 is 0 Å². The summed E-state index contributed by atoms with van der Waals surface area (Å²) in [6.45, 7) is 17.4. The van der Waals surface area contributed by atoms with E-state index in [9.17, 15) is 0 Å². The molecule has 0 radical (unpaired) electrons. The largest absolute Gasteiger partial charge is 0.385 e. The minimum Gasteiger partial charge on any atom is -0.385 e. The molecule has 0 aromatic heterocycles. The Bertz CT molecular complexity index is 425. The Morgan fingerprint density at radius 2 is 1.95 bits per heavy atom. The summed E-state index contributed by atoms with van der Waals surface area (Å²) >= 11 is 1.72. The molecule has 118 valence electrons. The molecule has 0 bridgehead atoms. The Kier molecular flexibility index (Phi) is 9.98. The predicted molar refractivity (Wildman–Crippen MR) is 101 cm³/mol. The van der Waals surface area contributed by atoms with Gasteiger partial charge in [-0.25, -0.2) is 0 Å². The van der Waals surface area contributed by atoms with Crippen molar-refractivity contribution >= 4 is 11.8 Å². The molecule has 0 saturated heterocycles. The Hall–Kier alpha value is -1.15. The van der Waals surface area contributed by atoms with E-state index in [4.69, 9.17) is 0 Å². The minimum absolute atomic E-state index is 0.242. The van der Waals surface area contributed by atoms with E-state index in [0.717, 1.165) is 25.0 Å². The molecule has 0 fully saturated rings. The summed E-state index contributed by atoms with van der Waals surface area (Å²) in [6.07, 6.45) is 12.5. The van der Waals surface area contributed by atoms with E-state index in [1.165, 1.54) is 11.3 Å². The number of nitrogens with one attached hydrogen (secondary N) is 1. The number of thioether (sulfide) groups is 1. The molecule has 1 N–H and O–H groups in total. The third-order valence-electron chi connectivity index (χ3n) is 3.14. The van der Waals surface area contributed by atoms with Gasteiger partial charge in [0, 0.05) is 12.2 Å². The molecular formula is C19H31NS. The Labute approximate surface area is 136 Å². The second-order valence-electron chi connectivity index (χ2n) is 6.09. The zero-order chi connectivity index (χ0) is 16.3. The summed E-state index contributed by atoms with van der Waals surface area (Å²) in [6, 6.07) is 0. The van der Waals surface area contributed by atoms with Crippen molar-refractivity contribution in [2.24, 2.45) is 5.41 Å². The Morgan fingerprint density at radius 3 is 2.48 bits per heavy atom. The van der Waals surface area contributed by atoms with Gasteiger partial charge in [0.1, 0.15) is 0 Å². The second-order valence-corrected chi connectivity index (χ2v) is 6.80. The molecule has 0 atom stereocenters. The van der Waals surface area contributed by atoms with Crippen LogP contribution in [0.2, 0.25) is 0 Å². The predicted octanol–water partition coefficient (Wildman–Crippen LogP) is 5.85. The van der Waals surface area contributed by atoms with Crippen LogP contribution >= 0.6 is 11.8 Å². The van der Waals surface area contributed by atoms with E-state index in [-0.39, 0.29) is 5.41 Å². The highest BCUT2D eigenvalue weighted by molar-refractivity contribution is 8.01. The van der Waals surface area contributed by atoms with E-state index in [1.54, 1.807) is 11.8 Å². The Morgan fingerprint density at radius 1 is 1.29 bits per heavy atom. The van der Waals surface area contributed by atoms with Crippen LogP contribution in [-0.2, 0) is 0 Å². The lowest BCUT2D eigenvalue weighted by atomic mass is 9.84. The van der Waals surface area contributed by atoms with Crippen molar-refractivity contribution < 1.29 is 0 Å². The first kappa shape index (κ1) is 19.9. The quantitative estimate of drug-likeness (QED) is 0.401. The van der Waals surface area contributed by atoms with Crippen molar-refractivity contribution in [1.29, 1.82) is 0 Å². The van der Waals surface area contributed by atoms with Crippen molar-refractivity contribution in [3.8, 4) is 0 Å². The van der Waals surface area contributed by atoms with Gasteiger partial charge in [-0.1, -0.05) is 44.7 Å². The SMILES string of the molecule is C=CCC(C)(C)C/C(=C/C)NCC(=C)/C=C\C(C)=C/SC. The van der Waals surface area contributed by atoms with Gasteiger partial charge in [-0.3, -0.25) is 0 Å². The minimum atomic E-state index is 0.242. The summed E-state index contributed by atoms with van der Waals surface area (Å²) in [5, 5.41) is 5.62. The zero-order valence-corrected chi connectivity index (χ0v) is 15.1. The molecular weight excluding hydrogens is 274 g/mol. The van der Waals surface area contributed by atoms with E-state index in [1.807, 2.05) is 6.08 Å². The molecule has 0 aromatic carbocycles. The van der Waals surface area contributed by atoms with Crippen LogP contribution in [0.3, 0.4) is 0 Å². The van der Waals surface area contributed by atoms with Crippen molar-refractivity contribution in [3.05, 3.63) is 59.7 Å². The Balaban J connectivity index is 4.39. The molecule has 0 heterocycles. The van der Waals surface area contributed by atoms with Crippen LogP contribution in [0.1, 0.15) is 40.5 Å². The lowest BCUT2D eigenvalue weighted by Crippen LogP contribution is -2.21.